The van der Waals surface area contributed by atoms with Crippen LogP contribution >= 0.6 is 0 Å². The smallest absolute Gasteiger partial charge is 0.0931 e. The Morgan fingerprint density at radius 3 is 2.69 bits per heavy atom. The molecule has 4 nitrogen and oxygen atoms in total. The third kappa shape index (κ3) is 2.51. The maximum absolute atomic E-state index is 9.36. The van der Waals surface area contributed by atoms with Gasteiger partial charge in [0.15, 0.2) is 0 Å². The fraction of sp³-hybridized carbons (Fsp3) is 0.583. The van der Waals surface area contributed by atoms with Crippen molar-refractivity contribution < 1.29 is 10.2 Å². The Kier molecular flexibility index (Phi) is 3.41. The van der Waals surface area contributed by atoms with Crippen molar-refractivity contribution in [2.75, 3.05) is 18.1 Å². The summed E-state index contributed by atoms with van der Waals surface area (Å²) >= 11 is 0. The van der Waals surface area contributed by atoms with Crippen LogP contribution in [0, 0.1) is 0 Å². The summed E-state index contributed by atoms with van der Waals surface area (Å²) in [5.74, 6) is 0. The summed E-state index contributed by atoms with van der Waals surface area (Å²) in [5, 5.41) is 18.4. The molecule has 1 aliphatic rings. The lowest BCUT2D eigenvalue weighted by atomic mass is 10.2. The number of anilines is 1. The molecule has 1 aromatic rings. The number of hydrogen-bond acceptors (Lipinski definition) is 4. The summed E-state index contributed by atoms with van der Waals surface area (Å²) in [4.78, 5) is 6.40. The van der Waals surface area contributed by atoms with Gasteiger partial charge < -0.3 is 15.1 Å². The molecular weight excluding hydrogens is 204 g/mol. The van der Waals surface area contributed by atoms with Gasteiger partial charge in [-0.3, -0.25) is 4.98 Å². The second-order valence-electron chi connectivity index (χ2n) is 4.27. The van der Waals surface area contributed by atoms with Gasteiger partial charge >= 0.3 is 0 Å². The van der Waals surface area contributed by atoms with Crippen molar-refractivity contribution in [2.45, 2.75) is 31.9 Å². The molecule has 1 atom stereocenters. The first kappa shape index (κ1) is 11.4. The van der Waals surface area contributed by atoms with Crippen LogP contribution in [0.25, 0.3) is 0 Å². The molecule has 0 aliphatic heterocycles. The van der Waals surface area contributed by atoms with Gasteiger partial charge in [-0.15, -0.1) is 0 Å². The van der Waals surface area contributed by atoms with E-state index in [1.807, 2.05) is 12.1 Å². The van der Waals surface area contributed by atoms with Crippen LogP contribution in [0.3, 0.4) is 0 Å². The molecule has 1 fully saturated rings. The van der Waals surface area contributed by atoms with E-state index >= 15 is 0 Å². The fourth-order valence-corrected chi connectivity index (χ4v) is 1.83. The molecule has 0 aromatic carbocycles. The molecule has 0 radical (unpaired) electrons. The number of hydrogen-bond donors (Lipinski definition) is 2. The summed E-state index contributed by atoms with van der Waals surface area (Å²) < 4.78 is 0. The van der Waals surface area contributed by atoms with Gasteiger partial charge in [-0.2, -0.15) is 0 Å². The standard InChI is InChI=1S/C12H18N2O2/c1-9(16)12-5-4-11(8-13-12)14(6-7-15)10-2-3-10/h4-5,8-10,15-16H,2-3,6-7H2,1H3. The second kappa shape index (κ2) is 4.80. The van der Waals surface area contributed by atoms with Crippen molar-refractivity contribution >= 4 is 5.69 Å². The number of aliphatic hydroxyl groups excluding tert-OH is 2. The molecule has 1 unspecified atom stereocenters. The summed E-state index contributed by atoms with van der Waals surface area (Å²) in [6, 6.07) is 4.36. The van der Waals surface area contributed by atoms with E-state index in [1.165, 1.54) is 12.8 Å². The topological polar surface area (TPSA) is 56.6 Å². The van der Waals surface area contributed by atoms with Gasteiger partial charge in [0.2, 0.25) is 0 Å². The molecule has 2 N–H and O–H groups in total. The molecule has 1 aromatic heterocycles. The Labute approximate surface area is 95.5 Å². The molecule has 1 heterocycles. The van der Waals surface area contributed by atoms with E-state index in [9.17, 15) is 5.11 Å². The van der Waals surface area contributed by atoms with E-state index in [4.69, 9.17) is 5.11 Å². The highest BCUT2D eigenvalue weighted by Gasteiger charge is 2.28. The zero-order valence-corrected chi connectivity index (χ0v) is 9.50. The first-order chi connectivity index (χ1) is 7.72. The third-order valence-corrected chi connectivity index (χ3v) is 2.86. The van der Waals surface area contributed by atoms with Gasteiger partial charge in [-0.05, 0) is 31.9 Å². The van der Waals surface area contributed by atoms with Crippen molar-refractivity contribution in [3.05, 3.63) is 24.0 Å². The van der Waals surface area contributed by atoms with E-state index in [0.717, 1.165) is 5.69 Å². The van der Waals surface area contributed by atoms with Crippen LogP contribution in [0.4, 0.5) is 5.69 Å². The molecule has 0 amide bonds. The van der Waals surface area contributed by atoms with Crippen molar-refractivity contribution in [1.82, 2.24) is 4.98 Å². The van der Waals surface area contributed by atoms with Crippen molar-refractivity contribution in [3.63, 3.8) is 0 Å². The Morgan fingerprint density at radius 1 is 1.50 bits per heavy atom. The summed E-state index contributed by atoms with van der Waals surface area (Å²) in [6.07, 6.45) is 3.63. The molecule has 2 rings (SSSR count). The quantitative estimate of drug-likeness (QED) is 0.783. The number of rotatable bonds is 5. The van der Waals surface area contributed by atoms with Crippen LogP contribution in [0.2, 0.25) is 0 Å². The molecule has 4 heteroatoms. The fourth-order valence-electron chi connectivity index (χ4n) is 1.83. The van der Waals surface area contributed by atoms with E-state index < -0.39 is 6.10 Å². The zero-order valence-electron chi connectivity index (χ0n) is 9.50. The predicted octanol–water partition coefficient (Wildman–Crippen LogP) is 1.10. The molecule has 1 saturated carbocycles. The normalized spacial score (nSPS) is 17.2. The Morgan fingerprint density at radius 2 is 2.25 bits per heavy atom. The lowest BCUT2D eigenvalue weighted by molar-refractivity contribution is 0.194. The number of pyridine rings is 1. The first-order valence-electron chi connectivity index (χ1n) is 5.74. The highest BCUT2D eigenvalue weighted by atomic mass is 16.3. The Hall–Kier alpha value is -1.13. The van der Waals surface area contributed by atoms with Gasteiger partial charge in [0, 0.05) is 12.6 Å². The van der Waals surface area contributed by atoms with E-state index in [-0.39, 0.29) is 6.61 Å². The molecular formula is C12H18N2O2. The molecule has 16 heavy (non-hydrogen) atoms. The molecule has 88 valence electrons. The average Bonchev–Trinajstić information content (AvgIpc) is 3.10. The second-order valence-corrected chi connectivity index (χ2v) is 4.27. The van der Waals surface area contributed by atoms with E-state index in [1.54, 1.807) is 13.1 Å². The van der Waals surface area contributed by atoms with E-state index in [2.05, 4.69) is 9.88 Å². The lowest BCUT2D eigenvalue weighted by Crippen LogP contribution is -2.28. The van der Waals surface area contributed by atoms with Crippen LogP contribution in [0.1, 0.15) is 31.6 Å². The monoisotopic (exact) mass is 222 g/mol. The molecule has 0 saturated heterocycles. The predicted molar refractivity (Wildman–Crippen MR) is 62.3 cm³/mol. The summed E-state index contributed by atoms with van der Waals surface area (Å²) in [6.45, 7) is 2.52. The minimum absolute atomic E-state index is 0.161. The van der Waals surface area contributed by atoms with Gasteiger partial charge in [0.1, 0.15) is 0 Å². The lowest BCUT2D eigenvalue weighted by Gasteiger charge is -2.23. The SMILES string of the molecule is CC(O)c1ccc(N(CCO)C2CC2)cn1. The van der Waals surface area contributed by atoms with Gasteiger partial charge in [0.25, 0.3) is 0 Å². The summed E-state index contributed by atoms with van der Waals surface area (Å²) in [5.41, 5.74) is 1.71. The van der Waals surface area contributed by atoms with Gasteiger partial charge in [-0.1, -0.05) is 0 Å². The van der Waals surface area contributed by atoms with Crippen LogP contribution in [-0.2, 0) is 0 Å². The molecule has 0 bridgehead atoms. The van der Waals surface area contributed by atoms with E-state index in [0.29, 0.717) is 18.3 Å². The van der Waals surface area contributed by atoms with Gasteiger partial charge in [0.05, 0.1) is 30.3 Å². The number of aromatic nitrogens is 1. The zero-order chi connectivity index (χ0) is 11.5. The minimum Gasteiger partial charge on any atom is -0.395 e. The van der Waals surface area contributed by atoms with Crippen LogP contribution in [-0.4, -0.2) is 34.4 Å². The highest BCUT2D eigenvalue weighted by Crippen LogP contribution is 2.31. The molecule has 0 spiro atoms. The Bertz CT molecular complexity index is 333. The van der Waals surface area contributed by atoms with Crippen molar-refractivity contribution in [2.24, 2.45) is 0 Å². The third-order valence-electron chi connectivity index (χ3n) is 2.86. The molecule has 1 aliphatic carbocycles. The maximum atomic E-state index is 9.36. The summed E-state index contributed by atoms with van der Waals surface area (Å²) in [7, 11) is 0. The van der Waals surface area contributed by atoms with Crippen LogP contribution in [0.15, 0.2) is 18.3 Å². The minimum atomic E-state index is -0.527. The number of aliphatic hydroxyl groups is 2. The van der Waals surface area contributed by atoms with Crippen LogP contribution in [0.5, 0.6) is 0 Å². The van der Waals surface area contributed by atoms with Crippen molar-refractivity contribution in [1.29, 1.82) is 0 Å². The maximum Gasteiger partial charge on any atom is 0.0931 e. The number of nitrogens with zero attached hydrogens (tertiary/aromatic N) is 2. The van der Waals surface area contributed by atoms with Crippen molar-refractivity contribution in [3.8, 4) is 0 Å². The van der Waals surface area contributed by atoms with Gasteiger partial charge in [-0.25, -0.2) is 0 Å². The average molecular weight is 222 g/mol. The highest BCUT2D eigenvalue weighted by molar-refractivity contribution is 5.47. The largest absolute Gasteiger partial charge is 0.395 e. The Balaban J connectivity index is 2.11. The van der Waals surface area contributed by atoms with Crippen LogP contribution < -0.4 is 4.90 Å². The first-order valence-corrected chi connectivity index (χ1v) is 5.74.